The number of hydrogen-bond acceptors (Lipinski definition) is 6. The Morgan fingerprint density at radius 1 is 0.760 bits per heavy atom. The molecule has 0 aliphatic rings. The van der Waals surface area contributed by atoms with Crippen molar-refractivity contribution in [3.63, 3.8) is 0 Å². The van der Waals surface area contributed by atoms with Crippen LogP contribution in [0.2, 0.25) is 5.21 Å². The molecular formula is C33H35As2F9N2O4. The molecule has 2 aromatic carbocycles. The van der Waals surface area contributed by atoms with Gasteiger partial charge in [-0.2, -0.15) is 0 Å². The second kappa shape index (κ2) is 17.9. The van der Waals surface area contributed by atoms with Crippen molar-refractivity contribution in [3.8, 4) is 5.75 Å². The van der Waals surface area contributed by atoms with Crippen molar-refractivity contribution in [1.82, 2.24) is 9.97 Å². The number of benzene rings is 2. The molecule has 0 bridgehead atoms. The summed E-state index contributed by atoms with van der Waals surface area (Å²) in [5.74, 6) is -0.257. The zero-order chi connectivity index (χ0) is 37.3. The van der Waals surface area contributed by atoms with Gasteiger partial charge >= 0.3 is 294 Å². The van der Waals surface area contributed by atoms with Gasteiger partial charge in [-0.3, -0.25) is 0 Å². The van der Waals surface area contributed by atoms with Gasteiger partial charge in [0.2, 0.25) is 0 Å². The van der Waals surface area contributed by atoms with Crippen molar-refractivity contribution in [2.75, 3.05) is 13.2 Å². The Kier molecular flexibility index (Phi) is 14.8. The van der Waals surface area contributed by atoms with E-state index >= 15 is 0 Å². The van der Waals surface area contributed by atoms with Crippen molar-refractivity contribution in [3.05, 3.63) is 76.6 Å². The molecule has 6 nitrogen and oxygen atoms in total. The predicted octanol–water partition coefficient (Wildman–Crippen LogP) is 7.15. The van der Waals surface area contributed by atoms with Crippen LogP contribution < -0.4 is 13.7 Å². The topological polar surface area (TPSA) is 78.4 Å². The first-order valence-electron chi connectivity index (χ1n) is 15.5. The summed E-state index contributed by atoms with van der Waals surface area (Å²) < 4.78 is 135. The van der Waals surface area contributed by atoms with Crippen LogP contribution >= 0.6 is 0 Å². The summed E-state index contributed by atoms with van der Waals surface area (Å²) in [5.41, 5.74) is -4.20. The summed E-state index contributed by atoms with van der Waals surface area (Å²) in [5, 5.41) is -0.135. The molecule has 3 aromatic rings. The van der Waals surface area contributed by atoms with Crippen LogP contribution in [0.4, 0.5) is 39.5 Å². The normalized spacial score (nSPS) is 13.5. The van der Waals surface area contributed by atoms with E-state index < -0.39 is 70.5 Å². The number of carbonyl (C=O) groups is 2. The van der Waals surface area contributed by atoms with Crippen LogP contribution in [-0.4, -0.2) is 63.0 Å². The third-order valence-electron chi connectivity index (χ3n) is 7.16. The third-order valence-corrected chi connectivity index (χ3v) is 17.1. The van der Waals surface area contributed by atoms with Crippen LogP contribution in [0.1, 0.15) is 74.3 Å². The van der Waals surface area contributed by atoms with Gasteiger partial charge in [-0.05, 0) is 0 Å². The SMILES string of the molecule is CCCC(=O)[As](CC)c1ccc(C(F)(F)F)cc1C[As](Cc1cc(C(F)(F)F)cc(C(F)(F)F)c1)c1ncc(OCCCC(=O)OCC)cn1. The Bertz CT molecular complexity index is 1570. The maximum absolute atomic E-state index is 13.9. The van der Waals surface area contributed by atoms with E-state index in [0.29, 0.717) is 34.5 Å². The van der Waals surface area contributed by atoms with Gasteiger partial charge in [0.15, 0.2) is 0 Å². The quantitative estimate of drug-likeness (QED) is 0.0661. The number of ether oxygens (including phenoxy) is 2. The van der Waals surface area contributed by atoms with Crippen LogP contribution in [0, 0.1) is 0 Å². The molecule has 0 saturated carbocycles. The van der Waals surface area contributed by atoms with E-state index in [4.69, 9.17) is 9.47 Å². The zero-order valence-electron chi connectivity index (χ0n) is 27.3. The summed E-state index contributed by atoms with van der Waals surface area (Å²) in [6.07, 6.45) is -11.3. The second-order valence-corrected chi connectivity index (χ2v) is 20.6. The molecular weight excluding hydrogens is 809 g/mol. The van der Waals surface area contributed by atoms with Gasteiger partial charge in [-0.25, -0.2) is 0 Å². The van der Waals surface area contributed by atoms with Crippen LogP contribution in [-0.2, 0) is 43.3 Å². The van der Waals surface area contributed by atoms with Crippen molar-refractivity contribution < 1.29 is 58.6 Å². The fourth-order valence-corrected chi connectivity index (χ4v) is 14.6. The van der Waals surface area contributed by atoms with Crippen LogP contribution in [0.5, 0.6) is 5.75 Å². The van der Waals surface area contributed by atoms with E-state index in [9.17, 15) is 49.1 Å². The zero-order valence-corrected chi connectivity index (χ0v) is 31.1. The molecule has 3 rings (SSSR count). The number of esters is 1. The second-order valence-electron chi connectivity index (χ2n) is 11.0. The van der Waals surface area contributed by atoms with Crippen molar-refractivity contribution in [2.45, 2.75) is 80.6 Å². The number of nitrogens with zero attached hydrogens (tertiary/aromatic N) is 2. The molecule has 0 amide bonds. The summed E-state index contributed by atoms with van der Waals surface area (Å²) >= 11 is -5.69. The number of rotatable bonds is 16. The molecule has 50 heavy (non-hydrogen) atoms. The Morgan fingerprint density at radius 2 is 1.36 bits per heavy atom. The Balaban J connectivity index is 2.11. The fraction of sp³-hybridized carbons (Fsp3) is 0.455. The molecule has 1 heterocycles. The number of aromatic nitrogens is 2. The summed E-state index contributed by atoms with van der Waals surface area (Å²) in [7, 11) is 0. The summed E-state index contributed by atoms with van der Waals surface area (Å²) in [6.45, 7) is 5.52. The molecule has 0 spiro atoms. The molecule has 0 saturated heterocycles. The third kappa shape index (κ3) is 12.0. The van der Waals surface area contributed by atoms with E-state index in [1.165, 1.54) is 18.5 Å². The minimum absolute atomic E-state index is 0.00734. The number of alkyl halides is 9. The predicted molar refractivity (Wildman–Crippen MR) is 170 cm³/mol. The number of halogens is 9. The first-order valence-corrected chi connectivity index (χ1v) is 22.3. The maximum atomic E-state index is 13.9. The van der Waals surface area contributed by atoms with Gasteiger partial charge in [0.1, 0.15) is 0 Å². The first kappa shape index (κ1) is 41.4. The van der Waals surface area contributed by atoms with Gasteiger partial charge in [0.25, 0.3) is 0 Å². The molecule has 0 radical (unpaired) electrons. The molecule has 2 unspecified atom stereocenters. The molecule has 0 aliphatic heterocycles. The van der Waals surface area contributed by atoms with Crippen molar-refractivity contribution in [2.24, 2.45) is 0 Å². The summed E-state index contributed by atoms with van der Waals surface area (Å²) in [6, 6.07) is 4.29. The van der Waals surface area contributed by atoms with Crippen molar-refractivity contribution >= 4 is 48.8 Å². The van der Waals surface area contributed by atoms with Crippen LogP contribution in [0.3, 0.4) is 0 Å². The van der Waals surface area contributed by atoms with Crippen LogP contribution in [0.15, 0.2) is 48.8 Å². The Hall–Kier alpha value is -3.05. The van der Waals surface area contributed by atoms with Gasteiger partial charge in [-0.15, -0.1) is 0 Å². The molecule has 0 fully saturated rings. The van der Waals surface area contributed by atoms with Crippen molar-refractivity contribution in [1.29, 1.82) is 0 Å². The van der Waals surface area contributed by atoms with E-state index in [1.54, 1.807) is 20.8 Å². The van der Waals surface area contributed by atoms with E-state index in [-0.39, 0.29) is 68.6 Å². The van der Waals surface area contributed by atoms with Gasteiger partial charge in [-0.1, -0.05) is 0 Å². The molecule has 17 heteroatoms. The van der Waals surface area contributed by atoms with E-state index in [2.05, 4.69) is 9.97 Å². The standard InChI is InChI=1S/C33H35As2F9N2O4/c1-4-8-28(47)35(5-2)27-11-10-23(31(36,37)38)15-22(27)18-34(17-21-13-24(32(39,40)41)16-25(14-21)33(42,43)44)30-45-19-26(20-46-30)50-12-7-9-29(48)49-6-3/h10-11,13-16,19-20H,4-9,12,17-18H2,1-3H3. The number of hydrogen-bond donors (Lipinski definition) is 0. The van der Waals surface area contributed by atoms with Gasteiger partial charge in [0.05, 0.1) is 0 Å². The summed E-state index contributed by atoms with van der Waals surface area (Å²) in [4.78, 5) is 33.3. The Morgan fingerprint density at radius 3 is 1.88 bits per heavy atom. The van der Waals surface area contributed by atoms with Gasteiger partial charge < -0.3 is 0 Å². The average Bonchev–Trinajstić information content (AvgIpc) is 3.03. The fourth-order valence-electron chi connectivity index (χ4n) is 4.90. The molecule has 274 valence electrons. The average molecular weight is 844 g/mol. The monoisotopic (exact) mass is 844 g/mol. The molecule has 2 atom stereocenters. The first-order chi connectivity index (χ1) is 23.4. The van der Waals surface area contributed by atoms with Gasteiger partial charge in [0, 0.05) is 0 Å². The molecule has 0 aliphatic carbocycles. The minimum atomic E-state index is -5.11. The van der Waals surface area contributed by atoms with E-state index in [0.717, 1.165) is 12.1 Å². The van der Waals surface area contributed by atoms with E-state index in [1.807, 2.05) is 0 Å². The Labute approximate surface area is 292 Å². The van der Waals surface area contributed by atoms with Crippen LogP contribution in [0.25, 0.3) is 0 Å². The molecule has 1 aromatic heterocycles. The molecule has 0 N–H and O–H groups in total. The number of carbonyl (C=O) groups excluding carboxylic acids is 2.